The number of benzene rings is 1. The number of hydrogen-bond acceptors (Lipinski definition) is 2. The molecule has 0 radical (unpaired) electrons. The van der Waals surface area contributed by atoms with Crippen LogP contribution in [0.1, 0.15) is 19.4 Å². The van der Waals surface area contributed by atoms with Gasteiger partial charge in [0.25, 0.3) is 0 Å². The fourth-order valence-electron chi connectivity index (χ4n) is 1.31. The Bertz CT molecular complexity index is 435. The Morgan fingerprint density at radius 3 is 2.82 bits per heavy atom. The molecule has 17 heavy (non-hydrogen) atoms. The molecule has 1 rings (SSSR count). The minimum atomic E-state index is 0.548. The van der Waals surface area contributed by atoms with Crippen LogP contribution in [0.3, 0.4) is 0 Å². The van der Waals surface area contributed by atoms with Gasteiger partial charge < -0.3 is 10.2 Å². The van der Waals surface area contributed by atoms with E-state index in [0.29, 0.717) is 16.6 Å². The Hall–Kier alpha value is -1.60. The van der Waals surface area contributed by atoms with E-state index in [1.54, 1.807) is 6.07 Å². The maximum Gasteiger partial charge on any atom is 0.173 e. The molecule has 0 atom stereocenters. The molecule has 0 aliphatic rings. The molecule has 0 amide bonds. The Labute approximate surface area is 108 Å². The van der Waals surface area contributed by atoms with Gasteiger partial charge in [-0.3, -0.25) is 0 Å². The summed E-state index contributed by atoms with van der Waals surface area (Å²) in [6.07, 6.45) is 0. The Morgan fingerprint density at radius 1 is 1.53 bits per heavy atom. The molecule has 0 aromatic heterocycles. The Morgan fingerprint density at radius 2 is 2.24 bits per heavy atom. The average molecular weight is 247 g/mol. The molecular formula is C13H17N3S. The zero-order valence-electron chi connectivity index (χ0n) is 10.4. The highest BCUT2D eigenvalue weighted by Gasteiger charge is 2.07. The molecule has 1 aromatic carbocycles. The SMILES string of the molecule is CC(C)CNC(=S)N(C)c1cccc(C#N)c1. The van der Waals surface area contributed by atoms with Crippen LogP contribution in [0.4, 0.5) is 5.69 Å². The number of hydrogen-bond donors (Lipinski definition) is 1. The van der Waals surface area contributed by atoms with Crippen molar-refractivity contribution in [2.24, 2.45) is 5.92 Å². The van der Waals surface area contributed by atoms with Crippen molar-refractivity contribution in [2.75, 3.05) is 18.5 Å². The first kappa shape index (κ1) is 13.5. The number of nitriles is 1. The molecule has 0 heterocycles. The first-order chi connectivity index (χ1) is 8.04. The Kier molecular flexibility index (Phi) is 4.92. The Balaban J connectivity index is 2.71. The monoisotopic (exact) mass is 247 g/mol. The lowest BCUT2D eigenvalue weighted by atomic mass is 10.2. The molecule has 0 saturated heterocycles. The quantitative estimate of drug-likeness (QED) is 0.833. The molecule has 90 valence electrons. The molecule has 0 spiro atoms. The number of nitrogens with one attached hydrogen (secondary N) is 1. The van der Waals surface area contributed by atoms with Crippen LogP contribution in [-0.2, 0) is 0 Å². The summed E-state index contributed by atoms with van der Waals surface area (Å²) in [4.78, 5) is 1.87. The normalized spacial score (nSPS) is 9.82. The van der Waals surface area contributed by atoms with E-state index in [4.69, 9.17) is 17.5 Å². The van der Waals surface area contributed by atoms with Gasteiger partial charge in [0.05, 0.1) is 11.6 Å². The summed E-state index contributed by atoms with van der Waals surface area (Å²) in [5.74, 6) is 0.548. The first-order valence-electron chi connectivity index (χ1n) is 5.56. The summed E-state index contributed by atoms with van der Waals surface area (Å²) < 4.78 is 0. The topological polar surface area (TPSA) is 39.1 Å². The third kappa shape index (κ3) is 4.04. The van der Waals surface area contributed by atoms with Gasteiger partial charge in [0.15, 0.2) is 5.11 Å². The summed E-state index contributed by atoms with van der Waals surface area (Å²) in [6, 6.07) is 9.51. The average Bonchev–Trinajstić information content (AvgIpc) is 2.35. The van der Waals surface area contributed by atoms with Gasteiger partial charge in [-0.25, -0.2) is 0 Å². The van der Waals surface area contributed by atoms with E-state index in [1.807, 2.05) is 30.1 Å². The van der Waals surface area contributed by atoms with Gasteiger partial charge in [0.1, 0.15) is 0 Å². The van der Waals surface area contributed by atoms with E-state index in [-0.39, 0.29) is 0 Å². The maximum atomic E-state index is 8.84. The van der Waals surface area contributed by atoms with Crippen LogP contribution in [0.2, 0.25) is 0 Å². The number of nitrogens with zero attached hydrogens (tertiary/aromatic N) is 2. The molecule has 1 aromatic rings. The van der Waals surface area contributed by atoms with E-state index in [1.165, 1.54) is 0 Å². The van der Waals surface area contributed by atoms with E-state index >= 15 is 0 Å². The first-order valence-corrected chi connectivity index (χ1v) is 5.97. The summed E-state index contributed by atoms with van der Waals surface area (Å²) in [5.41, 5.74) is 1.56. The minimum Gasteiger partial charge on any atom is -0.362 e. The molecule has 1 N–H and O–H groups in total. The predicted octanol–water partition coefficient (Wildman–Crippen LogP) is 2.52. The van der Waals surface area contributed by atoms with Crippen LogP contribution in [0.25, 0.3) is 0 Å². The van der Waals surface area contributed by atoms with Gasteiger partial charge >= 0.3 is 0 Å². The molecule has 4 heteroatoms. The molecule has 0 bridgehead atoms. The van der Waals surface area contributed by atoms with Gasteiger partial charge in [-0.05, 0) is 36.3 Å². The largest absolute Gasteiger partial charge is 0.362 e. The van der Waals surface area contributed by atoms with Crippen molar-refractivity contribution in [1.29, 1.82) is 5.26 Å². The molecule has 0 unspecified atom stereocenters. The van der Waals surface area contributed by atoms with Gasteiger partial charge in [-0.2, -0.15) is 5.26 Å². The number of rotatable bonds is 3. The summed E-state index contributed by atoms with van der Waals surface area (Å²) in [5, 5.41) is 12.7. The van der Waals surface area contributed by atoms with E-state index < -0.39 is 0 Å². The van der Waals surface area contributed by atoms with Crippen molar-refractivity contribution in [1.82, 2.24) is 5.32 Å². The molecule has 0 aliphatic heterocycles. The second kappa shape index (κ2) is 6.21. The second-order valence-corrected chi connectivity index (χ2v) is 4.69. The predicted molar refractivity (Wildman–Crippen MR) is 75.0 cm³/mol. The van der Waals surface area contributed by atoms with E-state index in [2.05, 4.69) is 25.2 Å². The lowest BCUT2D eigenvalue weighted by Crippen LogP contribution is -2.38. The highest BCUT2D eigenvalue weighted by Crippen LogP contribution is 2.14. The molecule has 3 nitrogen and oxygen atoms in total. The van der Waals surface area contributed by atoms with Crippen LogP contribution < -0.4 is 10.2 Å². The van der Waals surface area contributed by atoms with Crippen molar-refractivity contribution in [3.05, 3.63) is 29.8 Å². The summed E-state index contributed by atoms with van der Waals surface area (Å²) in [7, 11) is 1.89. The maximum absolute atomic E-state index is 8.84. The molecule has 0 fully saturated rings. The lowest BCUT2D eigenvalue weighted by Gasteiger charge is -2.22. The van der Waals surface area contributed by atoms with Crippen molar-refractivity contribution < 1.29 is 0 Å². The van der Waals surface area contributed by atoms with Crippen LogP contribution in [0.15, 0.2) is 24.3 Å². The van der Waals surface area contributed by atoms with Gasteiger partial charge in [-0.1, -0.05) is 19.9 Å². The molecule has 0 saturated carbocycles. The van der Waals surface area contributed by atoms with Crippen molar-refractivity contribution in [3.63, 3.8) is 0 Å². The molecule has 0 aliphatic carbocycles. The smallest absolute Gasteiger partial charge is 0.173 e. The van der Waals surface area contributed by atoms with Crippen LogP contribution in [-0.4, -0.2) is 18.7 Å². The highest BCUT2D eigenvalue weighted by molar-refractivity contribution is 7.80. The third-order valence-electron chi connectivity index (χ3n) is 2.33. The number of thiocarbonyl (C=S) groups is 1. The van der Waals surface area contributed by atoms with Gasteiger partial charge in [0, 0.05) is 19.3 Å². The van der Waals surface area contributed by atoms with Crippen molar-refractivity contribution >= 4 is 23.0 Å². The highest BCUT2D eigenvalue weighted by atomic mass is 32.1. The van der Waals surface area contributed by atoms with E-state index in [0.717, 1.165) is 12.2 Å². The van der Waals surface area contributed by atoms with Crippen molar-refractivity contribution in [2.45, 2.75) is 13.8 Å². The van der Waals surface area contributed by atoms with Crippen molar-refractivity contribution in [3.8, 4) is 6.07 Å². The van der Waals surface area contributed by atoms with Crippen LogP contribution in [0.5, 0.6) is 0 Å². The summed E-state index contributed by atoms with van der Waals surface area (Å²) >= 11 is 5.29. The van der Waals surface area contributed by atoms with Gasteiger partial charge in [-0.15, -0.1) is 0 Å². The van der Waals surface area contributed by atoms with Crippen LogP contribution >= 0.6 is 12.2 Å². The standard InChI is InChI=1S/C13H17N3S/c1-10(2)9-15-13(17)16(3)12-6-4-5-11(7-12)8-14/h4-7,10H,9H2,1-3H3,(H,15,17). The summed E-state index contributed by atoms with van der Waals surface area (Å²) in [6.45, 7) is 5.11. The number of anilines is 1. The fourth-order valence-corrected chi connectivity index (χ4v) is 1.50. The fraction of sp³-hybridized carbons (Fsp3) is 0.385. The van der Waals surface area contributed by atoms with E-state index in [9.17, 15) is 0 Å². The zero-order chi connectivity index (χ0) is 12.8. The second-order valence-electron chi connectivity index (χ2n) is 4.30. The minimum absolute atomic E-state index is 0.548. The lowest BCUT2D eigenvalue weighted by molar-refractivity contribution is 0.625. The van der Waals surface area contributed by atoms with Gasteiger partial charge in [0.2, 0.25) is 0 Å². The van der Waals surface area contributed by atoms with Crippen LogP contribution in [0, 0.1) is 17.2 Å². The third-order valence-corrected chi connectivity index (χ3v) is 2.75. The zero-order valence-corrected chi connectivity index (χ0v) is 11.2. The molecular weight excluding hydrogens is 230 g/mol.